The maximum absolute atomic E-state index is 13.1. The highest BCUT2D eigenvalue weighted by atomic mass is 35.5. The number of Topliss-reactive ketones (excluding diaryl/α,β-unsaturated/α-hetero) is 1. The minimum Gasteiger partial charge on any atom is -0.507 e. The molecule has 0 aliphatic carbocycles. The molecule has 1 atom stereocenters. The molecule has 1 aliphatic heterocycles. The van der Waals surface area contributed by atoms with Crippen molar-refractivity contribution in [3.63, 3.8) is 0 Å². The van der Waals surface area contributed by atoms with Crippen LogP contribution in [-0.4, -0.2) is 28.8 Å². The Labute approximate surface area is 195 Å². The van der Waals surface area contributed by atoms with E-state index in [9.17, 15) is 14.7 Å². The maximum Gasteiger partial charge on any atom is 0.295 e. The summed E-state index contributed by atoms with van der Waals surface area (Å²) in [4.78, 5) is 27.6. The van der Waals surface area contributed by atoms with Crippen LogP contribution in [0.2, 0.25) is 10.0 Å². The highest BCUT2D eigenvalue weighted by Crippen LogP contribution is 2.41. The van der Waals surface area contributed by atoms with Gasteiger partial charge in [-0.3, -0.25) is 9.59 Å². The number of para-hydroxylation sites is 1. The average molecular weight is 468 g/mol. The lowest BCUT2D eigenvalue weighted by Crippen LogP contribution is -2.29. The number of hydrogen-bond acceptors (Lipinski definition) is 4. The molecular formula is C25H19Cl2NO4. The summed E-state index contributed by atoms with van der Waals surface area (Å²) in [5, 5.41) is 12.1. The zero-order valence-corrected chi connectivity index (χ0v) is 18.6. The summed E-state index contributed by atoms with van der Waals surface area (Å²) < 4.78 is 5.41. The first-order valence-corrected chi connectivity index (χ1v) is 10.6. The van der Waals surface area contributed by atoms with Crippen LogP contribution < -0.4 is 4.74 Å². The number of rotatable bonds is 5. The summed E-state index contributed by atoms with van der Waals surface area (Å²) >= 11 is 12.0. The molecule has 0 aromatic heterocycles. The number of nitrogens with zero attached hydrogens (tertiary/aromatic N) is 1. The first kappa shape index (κ1) is 21.9. The van der Waals surface area contributed by atoms with Gasteiger partial charge in [0, 0.05) is 21.2 Å². The zero-order valence-electron chi connectivity index (χ0n) is 17.1. The van der Waals surface area contributed by atoms with Gasteiger partial charge >= 0.3 is 0 Å². The van der Waals surface area contributed by atoms with Crippen molar-refractivity contribution in [3.05, 3.63) is 105 Å². The van der Waals surface area contributed by atoms with Gasteiger partial charge in [0.15, 0.2) is 0 Å². The Balaban J connectivity index is 1.86. The Kier molecular flexibility index (Phi) is 6.21. The number of amides is 1. The Bertz CT molecular complexity index is 1200. The molecule has 7 heteroatoms. The van der Waals surface area contributed by atoms with Gasteiger partial charge in [-0.2, -0.15) is 0 Å². The second-order valence-electron chi connectivity index (χ2n) is 7.30. The topological polar surface area (TPSA) is 66.8 Å². The number of likely N-dealkylation sites (tertiary alicyclic amines) is 1. The number of carbonyl (C=O) groups excluding carboxylic acids is 2. The van der Waals surface area contributed by atoms with Crippen LogP contribution in [0.5, 0.6) is 5.75 Å². The van der Waals surface area contributed by atoms with Gasteiger partial charge in [-0.15, -0.1) is 0 Å². The van der Waals surface area contributed by atoms with Crippen molar-refractivity contribution in [2.45, 2.75) is 12.6 Å². The molecule has 1 unspecified atom stereocenters. The number of aliphatic hydroxyl groups is 1. The molecule has 1 fully saturated rings. The number of aliphatic hydroxyl groups excluding tert-OH is 1. The lowest BCUT2D eigenvalue weighted by atomic mass is 9.95. The molecule has 3 aromatic rings. The normalized spacial score (nSPS) is 17.6. The Morgan fingerprint density at radius 3 is 2.16 bits per heavy atom. The molecule has 5 nitrogen and oxygen atoms in total. The summed E-state index contributed by atoms with van der Waals surface area (Å²) in [6, 6.07) is 19.7. The number of methoxy groups -OCH3 is 1. The van der Waals surface area contributed by atoms with Crippen molar-refractivity contribution in [1.29, 1.82) is 0 Å². The fourth-order valence-electron chi connectivity index (χ4n) is 3.82. The van der Waals surface area contributed by atoms with E-state index in [1.54, 1.807) is 61.7 Å². The third kappa shape index (κ3) is 4.09. The summed E-state index contributed by atoms with van der Waals surface area (Å²) in [6.07, 6.45) is 0. The summed E-state index contributed by atoms with van der Waals surface area (Å²) in [5.41, 5.74) is 1.79. The standard InChI is InChI=1S/C25H19Cl2NO4/c1-32-20-5-3-2-4-17(20)14-28-22(15-6-10-18(26)11-7-15)21(24(30)25(28)31)23(29)16-8-12-19(27)13-9-16/h2-13,22,29H,14H2,1H3/b23-21+. The molecule has 1 heterocycles. The highest BCUT2D eigenvalue weighted by Gasteiger charge is 2.46. The smallest absolute Gasteiger partial charge is 0.295 e. The molecule has 1 N–H and O–H groups in total. The van der Waals surface area contributed by atoms with Crippen LogP contribution >= 0.6 is 23.2 Å². The maximum atomic E-state index is 13.1. The molecule has 1 aliphatic rings. The molecule has 0 saturated carbocycles. The second kappa shape index (κ2) is 9.07. The molecule has 0 bridgehead atoms. The van der Waals surface area contributed by atoms with Crippen LogP contribution in [-0.2, 0) is 16.1 Å². The van der Waals surface area contributed by atoms with E-state index in [-0.39, 0.29) is 17.9 Å². The van der Waals surface area contributed by atoms with Crippen LogP contribution in [0.4, 0.5) is 0 Å². The molecule has 4 rings (SSSR count). The molecule has 32 heavy (non-hydrogen) atoms. The van der Waals surface area contributed by atoms with Gasteiger partial charge in [0.25, 0.3) is 11.7 Å². The van der Waals surface area contributed by atoms with Crippen molar-refractivity contribution >= 4 is 40.7 Å². The van der Waals surface area contributed by atoms with Crippen molar-refractivity contribution in [2.75, 3.05) is 7.11 Å². The molecule has 1 amide bonds. The van der Waals surface area contributed by atoms with Crippen LogP contribution in [0.1, 0.15) is 22.7 Å². The minimum atomic E-state index is -0.798. The summed E-state index contributed by atoms with van der Waals surface area (Å²) in [7, 11) is 1.55. The fourth-order valence-corrected chi connectivity index (χ4v) is 4.07. The lowest BCUT2D eigenvalue weighted by Gasteiger charge is -2.26. The van der Waals surface area contributed by atoms with Crippen LogP contribution in [0.3, 0.4) is 0 Å². The van der Waals surface area contributed by atoms with Gasteiger partial charge in [-0.25, -0.2) is 0 Å². The molecular weight excluding hydrogens is 449 g/mol. The predicted molar refractivity (Wildman–Crippen MR) is 124 cm³/mol. The molecule has 0 radical (unpaired) electrons. The Morgan fingerprint density at radius 2 is 1.53 bits per heavy atom. The Hall–Kier alpha value is -3.28. The van der Waals surface area contributed by atoms with E-state index in [4.69, 9.17) is 27.9 Å². The number of halogens is 2. The molecule has 1 saturated heterocycles. The van der Waals surface area contributed by atoms with E-state index in [1.165, 1.54) is 4.90 Å². The van der Waals surface area contributed by atoms with E-state index in [1.807, 2.05) is 18.2 Å². The number of ether oxygens (including phenoxy) is 1. The van der Waals surface area contributed by atoms with Gasteiger partial charge < -0.3 is 14.7 Å². The number of carbonyl (C=O) groups is 2. The van der Waals surface area contributed by atoms with Gasteiger partial charge in [0.05, 0.1) is 25.3 Å². The number of benzene rings is 3. The monoisotopic (exact) mass is 467 g/mol. The van der Waals surface area contributed by atoms with Gasteiger partial charge in [0.1, 0.15) is 11.5 Å². The van der Waals surface area contributed by atoms with Crippen LogP contribution in [0.25, 0.3) is 5.76 Å². The van der Waals surface area contributed by atoms with Crippen molar-refractivity contribution in [1.82, 2.24) is 4.90 Å². The van der Waals surface area contributed by atoms with E-state index >= 15 is 0 Å². The minimum absolute atomic E-state index is 0.00884. The third-order valence-corrected chi connectivity index (χ3v) is 5.88. The van der Waals surface area contributed by atoms with Gasteiger partial charge in [0.2, 0.25) is 0 Å². The zero-order chi connectivity index (χ0) is 22.8. The average Bonchev–Trinajstić information content (AvgIpc) is 3.05. The summed E-state index contributed by atoms with van der Waals surface area (Å²) in [5.74, 6) is -1.12. The van der Waals surface area contributed by atoms with Crippen molar-refractivity contribution in [2.24, 2.45) is 0 Å². The SMILES string of the molecule is COc1ccccc1CN1C(=O)C(=O)/C(=C(/O)c2ccc(Cl)cc2)C1c1ccc(Cl)cc1. The van der Waals surface area contributed by atoms with Gasteiger partial charge in [-0.1, -0.05) is 53.5 Å². The van der Waals surface area contributed by atoms with Crippen LogP contribution in [0.15, 0.2) is 78.4 Å². The van der Waals surface area contributed by atoms with Crippen LogP contribution in [0, 0.1) is 0 Å². The van der Waals surface area contributed by atoms with E-state index in [0.717, 1.165) is 5.56 Å². The first-order chi connectivity index (χ1) is 15.4. The third-order valence-electron chi connectivity index (χ3n) is 5.38. The van der Waals surface area contributed by atoms with E-state index in [2.05, 4.69) is 0 Å². The molecule has 162 valence electrons. The Morgan fingerprint density at radius 1 is 0.938 bits per heavy atom. The second-order valence-corrected chi connectivity index (χ2v) is 8.17. The van der Waals surface area contributed by atoms with Gasteiger partial charge in [-0.05, 0) is 48.0 Å². The van der Waals surface area contributed by atoms with Crippen molar-refractivity contribution in [3.8, 4) is 5.75 Å². The predicted octanol–water partition coefficient (Wildman–Crippen LogP) is 5.62. The van der Waals surface area contributed by atoms with Crippen molar-refractivity contribution < 1.29 is 19.4 Å². The summed E-state index contributed by atoms with van der Waals surface area (Å²) in [6.45, 7) is 0.124. The fraction of sp³-hybridized carbons (Fsp3) is 0.120. The lowest BCUT2D eigenvalue weighted by molar-refractivity contribution is -0.140. The number of hydrogen-bond donors (Lipinski definition) is 1. The van der Waals surface area contributed by atoms with E-state index < -0.39 is 17.7 Å². The first-order valence-electron chi connectivity index (χ1n) is 9.82. The van der Waals surface area contributed by atoms with E-state index in [0.29, 0.717) is 26.9 Å². The number of ketones is 1. The molecule has 3 aromatic carbocycles. The molecule has 0 spiro atoms. The highest BCUT2D eigenvalue weighted by molar-refractivity contribution is 6.46. The quantitative estimate of drug-likeness (QED) is 0.300. The largest absolute Gasteiger partial charge is 0.507 e.